The van der Waals surface area contributed by atoms with E-state index in [1.165, 1.54) is 0 Å². The zero-order valence-electron chi connectivity index (χ0n) is 17.4. The zero-order chi connectivity index (χ0) is 21.3. The van der Waals surface area contributed by atoms with Crippen LogP contribution in [0.4, 0.5) is 0 Å². The number of hydrogen-bond donors (Lipinski definition) is 2. The van der Waals surface area contributed by atoms with Crippen molar-refractivity contribution in [3.63, 3.8) is 0 Å². The second-order valence-electron chi connectivity index (χ2n) is 8.25. The number of fused-ring (bicyclic) bond motifs is 3. The van der Waals surface area contributed by atoms with E-state index in [2.05, 4.69) is 10.6 Å². The highest BCUT2D eigenvalue weighted by molar-refractivity contribution is 7.99. The van der Waals surface area contributed by atoms with Gasteiger partial charge in [-0.25, -0.2) is 0 Å². The third-order valence-corrected chi connectivity index (χ3v) is 7.62. The minimum atomic E-state index is -0.631. The summed E-state index contributed by atoms with van der Waals surface area (Å²) in [7, 11) is 0. The summed E-state index contributed by atoms with van der Waals surface area (Å²) in [5.41, 5.74) is 1.64. The quantitative estimate of drug-likeness (QED) is 0.690. The zero-order valence-corrected chi connectivity index (χ0v) is 18.2. The molecule has 0 aliphatic carbocycles. The van der Waals surface area contributed by atoms with E-state index < -0.39 is 12.1 Å². The maximum Gasteiger partial charge on any atom is 0.256 e. The first kappa shape index (κ1) is 21.2. The normalized spacial score (nSPS) is 26.8. The SMILES string of the molecule is CC[C@@H](C)[C@H](NC(=O)[C@@H]1CS[C@H]2c3ccccc3C(=O)N12)C(=O)NC[C@@H]1CCCO1. The molecule has 0 unspecified atom stereocenters. The van der Waals surface area contributed by atoms with E-state index in [9.17, 15) is 14.4 Å². The van der Waals surface area contributed by atoms with Crippen LogP contribution in [0, 0.1) is 5.92 Å². The van der Waals surface area contributed by atoms with Crippen molar-refractivity contribution >= 4 is 29.5 Å². The summed E-state index contributed by atoms with van der Waals surface area (Å²) in [5.74, 6) is -0.0463. The van der Waals surface area contributed by atoms with Gasteiger partial charge in [-0.1, -0.05) is 38.5 Å². The van der Waals surface area contributed by atoms with Gasteiger partial charge in [0.05, 0.1) is 6.10 Å². The Morgan fingerprint density at radius 1 is 1.33 bits per heavy atom. The Balaban J connectivity index is 1.42. The number of benzene rings is 1. The van der Waals surface area contributed by atoms with Gasteiger partial charge in [0.15, 0.2) is 0 Å². The molecule has 2 saturated heterocycles. The van der Waals surface area contributed by atoms with Gasteiger partial charge in [-0.15, -0.1) is 11.8 Å². The number of ether oxygens (including phenoxy) is 1. The van der Waals surface area contributed by atoms with Crippen molar-refractivity contribution in [1.29, 1.82) is 0 Å². The van der Waals surface area contributed by atoms with Crippen molar-refractivity contribution in [3.05, 3.63) is 35.4 Å². The van der Waals surface area contributed by atoms with Crippen LogP contribution in [-0.4, -0.2) is 59.7 Å². The number of carbonyl (C=O) groups is 3. The minimum absolute atomic E-state index is 0.0187. The Bertz CT molecular complexity index is 826. The Morgan fingerprint density at radius 2 is 2.13 bits per heavy atom. The maximum atomic E-state index is 13.2. The highest BCUT2D eigenvalue weighted by Gasteiger charge is 2.48. The fourth-order valence-electron chi connectivity index (χ4n) is 4.32. The molecule has 2 N–H and O–H groups in total. The lowest BCUT2D eigenvalue weighted by molar-refractivity contribution is -0.132. The molecule has 162 valence electrons. The molecule has 4 rings (SSSR count). The molecule has 5 atom stereocenters. The van der Waals surface area contributed by atoms with Crippen molar-refractivity contribution in [2.75, 3.05) is 18.9 Å². The van der Waals surface area contributed by atoms with Crippen molar-refractivity contribution in [3.8, 4) is 0 Å². The number of rotatable bonds is 7. The molecule has 7 nitrogen and oxygen atoms in total. The molecular formula is C22H29N3O4S. The molecule has 8 heteroatoms. The Labute approximate surface area is 181 Å². The molecule has 0 aromatic heterocycles. The van der Waals surface area contributed by atoms with E-state index in [0.717, 1.165) is 31.4 Å². The molecule has 30 heavy (non-hydrogen) atoms. The molecule has 0 bridgehead atoms. The monoisotopic (exact) mass is 431 g/mol. The van der Waals surface area contributed by atoms with Crippen LogP contribution < -0.4 is 10.6 Å². The predicted molar refractivity (Wildman–Crippen MR) is 115 cm³/mol. The lowest BCUT2D eigenvalue weighted by Crippen LogP contribution is -2.56. The van der Waals surface area contributed by atoms with Gasteiger partial charge < -0.3 is 20.3 Å². The van der Waals surface area contributed by atoms with E-state index in [1.807, 2.05) is 38.1 Å². The molecule has 3 aliphatic heterocycles. The number of hydrogen-bond acceptors (Lipinski definition) is 5. The lowest BCUT2D eigenvalue weighted by Gasteiger charge is -2.28. The van der Waals surface area contributed by atoms with Crippen LogP contribution in [0.3, 0.4) is 0 Å². The van der Waals surface area contributed by atoms with E-state index in [4.69, 9.17) is 4.74 Å². The number of carbonyl (C=O) groups excluding carboxylic acids is 3. The van der Waals surface area contributed by atoms with Crippen LogP contribution in [0.5, 0.6) is 0 Å². The average Bonchev–Trinajstić information content (AvgIpc) is 3.49. The molecule has 0 spiro atoms. The molecule has 0 radical (unpaired) electrons. The van der Waals surface area contributed by atoms with E-state index in [0.29, 0.717) is 17.9 Å². The van der Waals surface area contributed by atoms with Crippen molar-refractivity contribution in [2.45, 2.75) is 56.7 Å². The molecular weight excluding hydrogens is 402 g/mol. The highest BCUT2D eigenvalue weighted by Crippen LogP contribution is 2.48. The van der Waals surface area contributed by atoms with E-state index in [1.54, 1.807) is 16.7 Å². The maximum absolute atomic E-state index is 13.2. The number of nitrogens with one attached hydrogen (secondary N) is 2. The highest BCUT2D eigenvalue weighted by atomic mass is 32.2. The van der Waals surface area contributed by atoms with Crippen LogP contribution in [0.2, 0.25) is 0 Å². The van der Waals surface area contributed by atoms with Gasteiger partial charge in [0.2, 0.25) is 11.8 Å². The largest absolute Gasteiger partial charge is 0.376 e. The summed E-state index contributed by atoms with van der Waals surface area (Å²) < 4.78 is 5.57. The Morgan fingerprint density at radius 3 is 2.87 bits per heavy atom. The number of amides is 3. The van der Waals surface area contributed by atoms with Gasteiger partial charge in [0, 0.05) is 24.5 Å². The minimum Gasteiger partial charge on any atom is -0.376 e. The van der Waals surface area contributed by atoms with Crippen molar-refractivity contribution in [2.24, 2.45) is 5.92 Å². The molecule has 3 heterocycles. The van der Waals surface area contributed by atoms with Gasteiger partial charge >= 0.3 is 0 Å². The predicted octanol–water partition coefficient (Wildman–Crippen LogP) is 2.08. The molecule has 3 amide bonds. The summed E-state index contributed by atoms with van der Waals surface area (Å²) in [4.78, 5) is 40.6. The first-order valence-corrected chi connectivity index (χ1v) is 11.8. The van der Waals surface area contributed by atoms with Gasteiger partial charge in [0.25, 0.3) is 5.91 Å². The van der Waals surface area contributed by atoms with Gasteiger partial charge in [-0.05, 0) is 30.4 Å². The van der Waals surface area contributed by atoms with E-state index >= 15 is 0 Å². The first-order valence-electron chi connectivity index (χ1n) is 10.7. The Hall–Kier alpha value is -2.06. The van der Waals surface area contributed by atoms with Crippen molar-refractivity contribution in [1.82, 2.24) is 15.5 Å². The molecule has 0 saturated carbocycles. The van der Waals surface area contributed by atoms with Crippen LogP contribution >= 0.6 is 11.8 Å². The third kappa shape index (κ3) is 3.95. The van der Waals surface area contributed by atoms with Crippen LogP contribution in [-0.2, 0) is 14.3 Å². The molecule has 3 aliphatic rings. The summed E-state index contributed by atoms with van der Waals surface area (Å²) in [6.07, 6.45) is 2.77. The third-order valence-electron chi connectivity index (χ3n) is 6.32. The molecule has 1 aromatic carbocycles. The summed E-state index contributed by atoms with van der Waals surface area (Å²) in [6.45, 7) is 5.15. The molecule has 1 aromatic rings. The Kier molecular flexibility index (Phi) is 6.34. The van der Waals surface area contributed by atoms with Crippen LogP contribution in [0.25, 0.3) is 0 Å². The smallest absolute Gasteiger partial charge is 0.256 e. The second-order valence-corrected chi connectivity index (χ2v) is 9.37. The van der Waals surface area contributed by atoms with Crippen molar-refractivity contribution < 1.29 is 19.1 Å². The second kappa shape index (κ2) is 8.98. The van der Waals surface area contributed by atoms with Gasteiger partial charge in [0.1, 0.15) is 17.5 Å². The fourth-order valence-corrected chi connectivity index (χ4v) is 5.79. The summed E-state index contributed by atoms with van der Waals surface area (Å²) in [5, 5.41) is 5.76. The molecule has 2 fully saturated rings. The summed E-state index contributed by atoms with van der Waals surface area (Å²) >= 11 is 1.60. The number of thioether (sulfide) groups is 1. The van der Waals surface area contributed by atoms with Gasteiger partial charge in [-0.3, -0.25) is 14.4 Å². The first-order chi connectivity index (χ1) is 14.5. The lowest BCUT2D eigenvalue weighted by atomic mass is 9.97. The standard InChI is InChI=1S/C22H29N3O4S/c1-3-13(2)18(20(27)23-11-14-7-6-10-29-14)24-19(26)17-12-30-22-16-9-5-4-8-15(16)21(28)25(17)22/h4-5,8-9,13-14,17-18,22H,3,6-7,10-12H2,1-2H3,(H,23,27)(H,24,26)/t13-,14+,17+,18+,22+/m1/s1. The average molecular weight is 432 g/mol. The topological polar surface area (TPSA) is 87.7 Å². The fraction of sp³-hybridized carbons (Fsp3) is 0.591. The van der Waals surface area contributed by atoms with Crippen LogP contribution in [0.1, 0.15) is 54.4 Å². The number of nitrogens with zero attached hydrogens (tertiary/aromatic N) is 1. The van der Waals surface area contributed by atoms with Crippen LogP contribution in [0.15, 0.2) is 24.3 Å². The van der Waals surface area contributed by atoms with Gasteiger partial charge in [-0.2, -0.15) is 0 Å². The summed E-state index contributed by atoms with van der Waals surface area (Å²) in [6, 6.07) is 6.32. The van der Waals surface area contributed by atoms with E-state index in [-0.39, 0.29) is 35.1 Å².